The Morgan fingerprint density at radius 2 is 1.87 bits per heavy atom. The largest absolute Gasteiger partial charge is 0.329 e. The van der Waals surface area contributed by atoms with Gasteiger partial charge in [-0.2, -0.15) is 0 Å². The van der Waals surface area contributed by atoms with Crippen molar-refractivity contribution in [1.82, 2.24) is 5.32 Å². The third-order valence-electron chi connectivity index (χ3n) is 2.76. The van der Waals surface area contributed by atoms with Crippen molar-refractivity contribution in [3.63, 3.8) is 0 Å². The van der Waals surface area contributed by atoms with Crippen molar-refractivity contribution in [2.75, 3.05) is 13.6 Å². The molecule has 0 saturated heterocycles. The molecule has 0 aliphatic rings. The lowest BCUT2D eigenvalue weighted by molar-refractivity contribution is 0.606. The quantitative estimate of drug-likeness (QED) is 0.796. The fourth-order valence-corrected chi connectivity index (χ4v) is 1.85. The molecule has 2 aromatic rings. The van der Waals surface area contributed by atoms with Gasteiger partial charge in [0.2, 0.25) is 0 Å². The molecule has 0 fully saturated rings. The van der Waals surface area contributed by atoms with E-state index in [-0.39, 0.29) is 6.04 Å². The minimum atomic E-state index is 0.245. The molecule has 0 heterocycles. The van der Waals surface area contributed by atoms with Crippen molar-refractivity contribution in [2.45, 2.75) is 6.04 Å². The molecule has 0 saturated carbocycles. The van der Waals surface area contributed by atoms with E-state index in [1.165, 1.54) is 16.3 Å². The van der Waals surface area contributed by atoms with Gasteiger partial charge in [-0.3, -0.25) is 0 Å². The number of likely N-dealkylation sites (N-methyl/N-ethyl adjacent to an activating group) is 1. The van der Waals surface area contributed by atoms with Crippen LogP contribution in [0.25, 0.3) is 10.8 Å². The van der Waals surface area contributed by atoms with Crippen LogP contribution in [0.1, 0.15) is 11.6 Å². The summed E-state index contributed by atoms with van der Waals surface area (Å²) in [7, 11) is 1.94. The number of fused-ring (bicyclic) bond motifs is 1. The minimum absolute atomic E-state index is 0.245. The average molecular weight is 200 g/mol. The first-order valence-corrected chi connectivity index (χ1v) is 5.21. The highest BCUT2D eigenvalue weighted by Gasteiger charge is 2.06. The number of nitrogens with one attached hydrogen (secondary N) is 1. The van der Waals surface area contributed by atoms with Gasteiger partial charge in [0, 0.05) is 12.6 Å². The van der Waals surface area contributed by atoms with Crippen LogP contribution in [0.3, 0.4) is 0 Å². The summed E-state index contributed by atoms with van der Waals surface area (Å²) in [5.41, 5.74) is 6.95. The summed E-state index contributed by atoms with van der Waals surface area (Å²) >= 11 is 0. The van der Waals surface area contributed by atoms with E-state index in [1.807, 2.05) is 7.05 Å². The molecule has 0 aromatic heterocycles. The molecule has 2 rings (SSSR count). The van der Waals surface area contributed by atoms with Gasteiger partial charge < -0.3 is 11.1 Å². The van der Waals surface area contributed by atoms with E-state index in [2.05, 4.69) is 47.8 Å². The van der Waals surface area contributed by atoms with Crippen LogP contribution in [0.2, 0.25) is 0 Å². The highest BCUT2D eigenvalue weighted by atomic mass is 14.9. The van der Waals surface area contributed by atoms with Gasteiger partial charge in [-0.1, -0.05) is 36.4 Å². The van der Waals surface area contributed by atoms with Gasteiger partial charge in [0.1, 0.15) is 0 Å². The van der Waals surface area contributed by atoms with E-state index in [9.17, 15) is 0 Å². The zero-order chi connectivity index (χ0) is 10.7. The van der Waals surface area contributed by atoms with Crippen LogP contribution in [-0.4, -0.2) is 13.6 Å². The number of hydrogen-bond acceptors (Lipinski definition) is 2. The van der Waals surface area contributed by atoms with Crippen LogP contribution >= 0.6 is 0 Å². The average Bonchev–Trinajstić information content (AvgIpc) is 2.30. The van der Waals surface area contributed by atoms with Gasteiger partial charge in [0.15, 0.2) is 0 Å². The lowest BCUT2D eigenvalue weighted by Crippen LogP contribution is -2.24. The molecule has 0 bridgehead atoms. The minimum Gasteiger partial charge on any atom is -0.329 e. The van der Waals surface area contributed by atoms with Crippen LogP contribution in [0, 0.1) is 0 Å². The molecule has 1 atom stereocenters. The highest BCUT2D eigenvalue weighted by Crippen LogP contribution is 2.19. The molecular formula is C13H16N2. The van der Waals surface area contributed by atoms with Crippen LogP contribution in [0.15, 0.2) is 42.5 Å². The Hall–Kier alpha value is -1.38. The molecule has 78 valence electrons. The lowest BCUT2D eigenvalue weighted by atomic mass is 10.0. The van der Waals surface area contributed by atoms with Crippen molar-refractivity contribution in [1.29, 1.82) is 0 Å². The Kier molecular flexibility index (Phi) is 2.99. The second kappa shape index (κ2) is 4.43. The predicted octanol–water partition coefficient (Wildman–Crippen LogP) is 2.06. The van der Waals surface area contributed by atoms with E-state index in [0.29, 0.717) is 6.54 Å². The van der Waals surface area contributed by atoms with Gasteiger partial charge in [-0.05, 0) is 29.4 Å². The SMILES string of the molecule is CNC(CN)c1ccc2ccccc2c1. The second-order valence-electron chi connectivity index (χ2n) is 3.68. The Labute approximate surface area is 90.1 Å². The first-order chi connectivity index (χ1) is 7.35. The van der Waals surface area contributed by atoms with E-state index >= 15 is 0 Å². The Morgan fingerprint density at radius 3 is 2.53 bits per heavy atom. The molecule has 15 heavy (non-hydrogen) atoms. The third-order valence-corrected chi connectivity index (χ3v) is 2.76. The molecular weight excluding hydrogens is 184 g/mol. The van der Waals surface area contributed by atoms with E-state index < -0.39 is 0 Å². The van der Waals surface area contributed by atoms with Gasteiger partial charge in [0.05, 0.1) is 0 Å². The van der Waals surface area contributed by atoms with Crippen molar-refractivity contribution < 1.29 is 0 Å². The molecule has 0 radical (unpaired) electrons. The van der Waals surface area contributed by atoms with E-state index in [0.717, 1.165) is 0 Å². The van der Waals surface area contributed by atoms with Crippen LogP contribution in [0.4, 0.5) is 0 Å². The van der Waals surface area contributed by atoms with Crippen LogP contribution < -0.4 is 11.1 Å². The molecule has 2 nitrogen and oxygen atoms in total. The van der Waals surface area contributed by atoms with E-state index in [1.54, 1.807) is 0 Å². The molecule has 2 heteroatoms. The summed E-state index contributed by atoms with van der Waals surface area (Å²) in [5, 5.41) is 5.75. The van der Waals surface area contributed by atoms with Crippen LogP contribution in [-0.2, 0) is 0 Å². The summed E-state index contributed by atoms with van der Waals surface area (Å²) in [6.45, 7) is 0.620. The molecule has 2 aromatic carbocycles. The monoisotopic (exact) mass is 200 g/mol. The van der Waals surface area contributed by atoms with Crippen molar-refractivity contribution >= 4 is 10.8 Å². The maximum atomic E-state index is 5.70. The third kappa shape index (κ3) is 2.01. The summed E-state index contributed by atoms with van der Waals surface area (Å²) < 4.78 is 0. The first-order valence-electron chi connectivity index (χ1n) is 5.21. The molecule has 0 spiro atoms. The normalized spacial score (nSPS) is 12.9. The second-order valence-corrected chi connectivity index (χ2v) is 3.68. The van der Waals surface area contributed by atoms with Crippen molar-refractivity contribution in [2.24, 2.45) is 5.73 Å². The topological polar surface area (TPSA) is 38.0 Å². The maximum absolute atomic E-state index is 5.70. The Balaban J connectivity index is 2.46. The number of hydrogen-bond donors (Lipinski definition) is 2. The summed E-state index contributed by atoms with van der Waals surface area (Å²) in [6, 6.07) is 15.1. The summed E-state index contributed by atoms with van der Waals surface area (Å²) in [6.07, 6.45) is 0. The van der Waals surface area contributed by atoms with Gasteiger partial charge in [-0.25, -0.2) is 0 Å². The van der Waals surface area contributed by atoms with E-state index in [4.69, 9.17) is 5.73 Å². The molecule has 1 unspecified atom stereocenters. The number of rotatable bonds is 3. The molecule has 0 amide bonds. The van der Waals surface area contributed by atoms with Crippen molar-refractivity contribution in [3.8, 4) is 0 Å². The first kappa shape index (κ1) is 10.1. The number of benzene rings is 2. The van der Waals surface area contributed by atoms with Crippen molar-refractivity contribution in [3.05, 3.63) is 48.0 Å². The van der Waals surface area contributed by atoms with Gasteiger partial charge >= 0.3 is 0 Å². The fourth-order valence-electron chi connectivity index (χ4n) is 1.85. The molecule has 0 aliphatic heterocycles. The Morgan fingerprint density at radius 1 is 1.13 bits per heavy atom. The van der Waals surface area contributed by atoms with Gasteiger partial charge in [-0.15, -0.1) is 0 Å². The lowest BCUT2D eigenvalue weighted by Gasteiger charge is -2.14. The standard InChI is InChI=1S/C13H16N2/c1-15-13(9-14)12-7-6-10-4-2-3-5-11(10)8-12/h2-8,13,15H,9,14H2,1H3. The van der Waals surface area contributed by atoms with Crippen LogP contribution in [0.5, 0.6) is 0 Å². The number of nitrogens with two attached hydrogens (primary N) is 1. The summed E-state index contributed by atoms with van der Waals surface area (Å²) in [5.74, 6) is 0. The molecule has 3 N–H and O–H groups in total. The Bertz CT molecular complexity index is 447. The maximum Gasteiger partial charge on any atom is 0.0442 e. The smallest absolute Gasteiger partial charge is 0.0442 e. The zero-order valence-electron chi connectivity index (χ0n) is 8.90. The highest BCUT2D eigenvalue weighted by molar-refractivity contribution is 5.83. The predicted molar refractivity (Wildman–Crippen MR) is 64.8 cm³/mol. The fraction of sp³-hybridized carbons (Fsp3) is 0.231. The summed E-state index contributed by atoms with van der Waals surface area (Å²) in [4.78, 5) is 0. The molecule has 0 aliphatic carbocycles. The van der Waals surface area contributed by atoms with Gasteiger partial charge in [0.25, 0.3) is 0 Å². The zero-order valence-corrected chi connectivity index (χ0v) is 8.90.